The van der Waals surface area contributed by atoms with Crippen LogP contribution in [0.25, 0.3) is 0 Å². The second-order valence-corrected chi connectivity index (χ2v) is 3.90. The molecule has 0 saturated carbocycles. The number of rotatable bonds is 3. The lowest BCUT2D eigenvalue weighted by Crippen LogP contribution is -2.24. The van der Waals surface area contributed by atoms with E-state index in [0.717, 1.165) is 24.2 Å². The molecule has 2 rings (SSSR count). The first-order chi connectivity index (χ1) is 7.81. The molecule has 0 amide bonds. The third kappa shape index (κ3) is 2.51. The Morgan fingerprint density at radius 1 is 1.50 bits per heavy atom. The Labute approximate surface area is 94.2 Å². The van der Waals surface area contributed by atoms with E-state index in [1.54, 1.807) is 6.07 Å². The fourth-order valence-electron chi connectivity index (χ4n) is 2.00. The molecule has 0 bridgehead atoms. The quantitative estimate of drug-likeness (QED) is 0.821. The number of aliphatic hydroxyl groups excluding tert-OH is 1. The summed E-state index contributed by atoms with van der Waals surface area (Å²) in [6.45, 7) is 1.26. The van der Waals surface area contributed by atoms with Crippen molar-refractivity contribution in [3.8, 4) is 5.75 Å². The Morgan fingerprint density at radius 2 is 2.38 bits per heavy atom. The summed E-state index contributed by atoms with van der Waals surface area (Å²) < 4.78 is 18.7. The Hall–Kier alpha value is -1.13. The average molecular weight is 225 g/mol. The fraction of sp³-hybridized carbons (Fsp3) is 0.500. The Balaban J connectivity index is 2.24. The zero-order valence-electron chi connectivity index (χ0n) is 9.08. The number of ether oxygens (including phenoxy) is 1. The highest BCUT2D eigenvalue weighted by Crippen LogP contribution is 2.31. The molecule has 0 fully saturated rings. The van der Waals surface area contributed by atoms with Gasteiger partial charge in [0, 0.05) is 18.2 Å². The monoisotopic (exact) mass is 225 g/mol. The van der Waals surface area contributed by atoms with Crippen LogP contribution in [-0.2, 0) is 0 Å². The predicted molar refractivity (Wildman–Crippen MR) is 59.0 cm³/mol. The van der Waals surface area contributed by atoms with Crippen LogP contribution in [0, 0.1) is 5.82 Å². The maximum atomic E-state index is 13.2. The lowest BCUT2D eigenvalue weighted by atomic mass is 10.0. The molecule has 1 unspecified atom stereocenters. The zero-order valence-corrected chi connectivity index (χ0v) is 9.08. The minimum Gasteiger partial charge on any atom is -0.493 e. The van der Waals surface area contributed by atoms with Crippen molar-refractivity contribution in [3.63, 3.8) is 0 Å². The summed E-state index contributed by atoms with van der Waals surface area (Å²) in [6.07, 6.45) is 1.83. The van der Waals surface area contributed by atoms with Crippen molar-refractivity contribution < 1.29 is 14.2 Å². The van der Waals surface area contributed by atoms with Gasteiger partial charge < -0.3 is 15.2 Å². The largest absolute Gasteiger partial charge is 0.493 e. The van der Waals surface area contributed by atoms with E-state index in [-0.39, 0.29) is 18.5 Å². The Bertz CT molecular complexity index is 357. The van der Waals surface area contributed by atoms with Crippen LogP contribution in [0.2, 0.25) is 0 Å². The molecule has 0 spiro atoms. The molecule has 0 aliphatic carbocycles. The Kier molecular flexibility index (Phi) is 3.74. The zero-order chi connectivity index (χ0) is 11.4. The van der Waals surface area contributed by atoms with E-state index in [1.807, 2.05) is 0 Å². The van der Waals surface area contributed by atoms with Crippen LogP contribution in [-0.4, -0.2) is 24.9 Å². The van der Waals surface area contributed by atoms with Crippen molar-refractivity contribution in [1.29, 1.82) is 0 Å². The van der Waals surface area contributed by atoms with Gasteiger partial charge in [-0.3, -0.25) is 0 Å². The Morgan fingerprint density at radius 3 is 3.19 bits per heavy atom. The molecule has 1 aliphatic rings. The van der Waals surface area contributed by atoms with Gasteiger partial charge in [0.15, 0.2) is 0 Å². The van der Waals surface area contributed by atoms with E-state index in [4.69, 9.17) is 9.84 Å². The molecule has 1 aromatic carbocycles. The summed E-state index contributed by atoms with van der Waals surface area (Å²) in [4.78, 5) is 0. The van der Waals surface area contributed by atoms with Crippen molar-refractivity contribution in [2.75, 3.05) is 19.8 Å². The smallest absolute Gasteiger partial charge is 0.124 e. The van der Waals surface area contributed by atoms with Crippen LogP contribution in [0.15, 0.2) is 18.2 Å². The van der Waals surface area contributed by atoms with Crippen molar-refractivity contribution in [1.82, 2.24) is 5.32 Å². The SMILES string of the molecule is OCCNC1CCCOc2ccc(F)cc21. The summed E-state index contributed by atoms with van der Waals surface area (Å²) in [5.74, 6) is 0.495. The summed E-state index contributed by atoms with van der Waals surface area (Å²) >= 11 is 0. The molecule has 1 heterocycles. The molecular formula is C12H16FNO2. The van der Waals surface area contributed by atoms with Crippen LogP contribution in [0.4, 0.5) is 4.39 Å². The van der Waals surface area contributed by atoms with Gasteiger partial charge in [0.2, 0.25) is 0 Å². The van der Waals surface area contributed by atoms with Crippen LogP contribution < -0.4 is 10.1 Å². The van der Waals surface area contributed by atoms with Gasteiger partial charge in [0.25, 0.3) is 0 Å². The van der Waals surface area contributed by atoms with Crippen LogP contribution in [0.3, 0.4) is 0 Å². The second-order valence-electron chi connectivity index (χ2n) is 3.90. The van der Waals surface area contributed by atoms with Gasteiger partial charge in [0.05, 0.1) is 13.2 Å². The number of halogens is 1. The van der Waals surface area contributed by atoms with E-state index in [9.17, 15) is 4.39 Å². The van der Waals surface area contributed by atoms with Crippen LogP contribution >= 0.6 is 0 Å². The minimum absolute atomic E-state index is 0.0698. The average Bonchev–Trinajstić information content (AvgIpc) is 2.48. The maximum Gasteiger partial charge on any atom is 0.124 e. The van der Waals surface area contributed by atoms with Crippen molar-refractivity contribution in [3.05, 3.63) is 29.6 Å². The predicted octanol–water partition coefficient (Wildman–Crippen LogP) is 1.62. The maximum absolute atomic E-state index is 13.2. The molecular weight excluding hydrogens is 209 g/mol. The van der Waals surface area contributed by atoms with Crippen LogP contribution in [0.5, 0.6) is 5.75 Å². The first kappa shape index (κ1) is 11.4. The van der Waals surface area contributed by atoms with Crippen LogP contribution in [0.1, 0.15) is 24.4 Å². The van der Waals surface area contributed by atoms with E-state index in [2.05, 4.69) is 5.32 Å². The topological polar surface area (TPSA) is 41.5 Å². The number of fused-ring (bicyclic) bond motifs is 1. The highest BCUT2D eigenvalue weighted by molar-refractivity contribution is 5.37. The number of hydrogen-bond donors (Lipinski definition) is 2. The molecule has 16 heavy (non-hydrogen) atoms. The summed E-state index contributed by atoms with van der Waals surface area (Å²) in [5, 5.41) is 12.0. The van der Waals surface area contributed by atoms with E-state index in [0.29, 0.717) is 13.2 Å². The van der Waals surface area contributed by atoms with E-state index in [1.165, 1.54) is 12.1 Å². The summed E-state index contributed by atoms with van der Waals surface area (Å²) in [7, 11) is 0. The standard InChI is InChI=1S/C12H16FNO2/c13-9-3-4-12-10(8-9)11(14-5-6-15)2-1-7-16-12/h3-4,8,11,14-15H,1-2,5-7H2. The molecule has 0 aromatic heterocycles. The molecule has 1 aromatic rings. The fourth-order valence-corrected chi connectivity index (χ4v) is 2.00. The third-order valence-electron chi connectivity index (χ3n) is 2.74. The molecule has 4 heteroatoms. The van der Waals surface area contributed by atoms with Crippen molar-refractivity contribution in [2.24, 2.45) is 0 Å². The molecule has 1 atom stereocenters. The summed E-state index contributed by atoms with van der Waals surface area (Å²) in [5.41, 5.74) is 0.853. The van der Waals surface area contributed by atoms with Gasteiger partial charge >= 0.3 is 0 Å². The lowest BCUT2D eigenvalue weighted by molar-refractivity contribution is 0.281. The van der Waals surface area contributed by atoms with Gasteiger partial charge in [-0.1, -0.05) is 0 Å². The van der Waals surface area contributed by atoms with Crippen molar-refractivity contribution in [2.45, 2.75) is 18.9 Å². The third-order valence-corrected chi connectivity index (χ3v) is 2.74. The number of aliphatic hydroxyl groups is 1. The van der Waals surface area contributed by atoms with Gasteiger partial charge in [-0.05, 0) is 31.0 Å². The van der Waals surface area contributed by atoms with Gasteiger partial charge in [-0.15, -0.1) is 0 Å². The number of nitrogens with one attached hydrogen (secondary N) is 1. The molecule has 1 aliphatic heterocycles. The van der Waals surface area contributed by atoms with Crippen molar-refractivity contribution >= 4 is 0 Å². The second kappa shape index (κ2) is 5.27. The first-order valence-corrected chi connectivity index (χ1v) is 5.58. The van der Waals surface area contributed by atoms with Gasteiger partial charge in [0.1, 0.15) is 11.6 Å². The van der Waals surface area contributed by atoms with E-state index >= 15 is 0 Å². The highest BCUT2D eigenvalue weighted by atomic mass is 19.1. The number of benzene rings is 1. The van der Waals surface area contributed by atoms with Gasteiger partial charge in [-0.2, -0.15) is 0 Å². The van der Waals surface area contributed by atoms with E-state index < -0.39 is 0 Å². The lowest BCUT2D eigenvalue weighted by Gasteiger charge is -2.17. The molecule has 2 N–H and O–H groups in total. The number of hydrogen-bond acceptors (Lipinski definition) is 3. The van der Waals surface area contributed by atoms with Gasteiger partial charge in [-0.25, -0.2) is 4.39 Å². The first-order valence-electron chi connectivity index (χ1n) is 5.58. The molecule has 0 saturated heterocycles. The summed E-state index contributed by atoms with van der Waals surface area (Å²) in [6, 6.07) is 4.66. The normalized spacial score (nSPS) is 19.8. The molecule has 88 valence electrons. The highest BCUT2D eigenvalue weighted by Gasteiger charge is 2.19. The molecule has 0 radical (unpaired) electrons. The minimum atomic E-state index is -0.250. The molecule has 3 nitrogen and oxygen atoms in total.